The molecule has 1 saturated heterocycles. The Hall–Kier alpha value is -2.03. The Morgan fingerprint density at radius 2 is 2.40 bits per heavy atom. The molecule has 0 radical (unpaired) electrons. The van der Waals surface area contributed by atoms with Gasteiger partial charge in [-0.3, -0.25) is 9.69 Å². The molecule has 1 N–H and O–H groups in total. The zero-order valence-electron chi connectivity index (χ0n) is 8.53. The maximum Gasteiger partial charge on any atom is 0.352 e. The fraction of sp³-hybridized carbons (Fsp3) is 0.444. The van der Waals surface area contributed by atoms with E-state index in [1.54, 1.807) is 13.0 Å². The number of ether oxygens (including phenoxy) is 1. The first-order valence-electron chi connectivity index (χ1n) is 4.43. The third-order valence-corrected chi connectivity index (χ3v) is 1.94. The summed E-state index contributed by atoms with van der Waals surface area (Å²) >= 11 is 0. The van der Waals surface area contributed by atoms with Crippen LogP contribution in [0.25, 0.3) is 0 Å². The van der Waals surface area contributed by atoms with Gasteiger partial charge >= 0.3 is 5.97 Å². The van der Waals surface area contributed by atoms with Gasteiger partial charge < -0.3 is 10.1 Å². The quantitative estimate of drug-likeness (QED) is 0.371. The second kappa shape index (κ2) is 4.46. The highest BCUT2D eigenvalue weighted by atomic mass is 16.5. The number of hydrogen-bond donors (Lipinski definition) is 1. The second-order valence-corrected chi connectivity index (χ2v) is 2.86. The molecule has 0 unspecified atom stereocenters. The van der Waals surface area contributed by atoms with Gasteiger partial charge in [0.2, 0.25) is 5.91 Å². The lowest BCUT2D eigenvalue weighted by Crippen LogP contribution is -2.23. The highest BCUT2D eigenvalue weighted by Gasteiger charge is 2.28. The molecule has 0 spiro atoms. The Kier molecular flexibility index (Phi) is 3.29. The number of nitrogens with zero attached hydrogens (tertiary/aromatic N) is 2. The molecule has 0 aromatic rings. The first-order valence-corrected chi connectivity index (χ1v) is 4.43. The molecule has 6 heteroatoms. The molecule has 1 aliphatic rings. The Bertz CT molecular complexity index is 367. The number of likely N-dealkylation sites (N-methyl/N-ethyl adjacent to an activating group) is 1. The highest BCUT2D eigenvalue weighted by molar-refractivity contribution is 5.95. The van der Waals surface area contributed by atoms with Crippen LogP contribution >= 0.6 is 0 Å². The fourth-order valence-electron chi connectivity index (χ4n) is 1.18. The van der Waals surface area contributed by atoms with E-state index in [2.05, 4.69) is 5.32 Å². The van der Waals surface area contributed by atoms with Crippen LogP contribution in [0, 0.1) is 11.3 Å². The molecule has 0 aromatic heterocycles. The third-order valence-electron chi connectivity index (χ3n) is 1.94. The van der Waals surface area contributed by atoms with Crippen LogP contribution in [0.15, 0.2) is 11.4 Å². The lowest BCUT2D eigenvalue weighted by atomic mass is 10.3. The maximum absolute atomic E-state index is 11.3. The number of nitriles is 1. The van der Waals surface area contributed by atoms with Crippen LogP contribution in [-0.2, 0) is 14.3 Å². The van der Waals surface area contributed by atoms with Crippen molar-refractivity contribution in [3.8, 4) is 6.07 Å². The Morgan fingerprint density at radius 3 is 2.80 bits per heavy atom. The van der Waals surface area contributed by atoms with Crippen LogP contribution in [0.3, 0.4) is 0 Å². The number of hydrogen-bond acceptors (Lipinski definition) is 5. The predicted octanol–water partition coefficient (Wildman–Crippen LogP) is -0.654. The van der Waals surface area contributed by atoms with Gasteiger partial charge in [0.15, 0.2) is 5.57 Å². The number of nitrogens with one attached hydrogen (secondary N) is 1. The molecular weight excluding hydrogens is 198 g/mol. The molecule has 0 atom stereocenters. The van der Waals surface area contributed by atoms with Crippen LogP contribution < -0.4 is 5.32 Å². The summed E-state index contributed by atoms with van der Waals surface area (Å²) in [6.07, 6.45) is 0. The van der Waals surface area contributed by atoms with Crippen molar-refractivity contribution in [1.82, 2.24) is 10.2 Å². The minimum Gasteiger partial charge on any atom is -0.462 e. The van der Waals surface area contributed by atoms with Gasteiger partial charge in [0, 0.05) is 7.05 Å². The standard InChI is InChI=1S/C9H11N3O3/c1-3-15-9(14)6(4-10)8-11-5-7(13)12(8)2/h11H,3,5H2,1-2H3/b8-6+. The molecule has 1 rings (SSSR count). The van der Waals surface area contributed by atoms with Gasteiger partial charge in [0.05, 0.1) is 13.2 Å². The van der Waals surface area contributed by atoms with Crippen LogP contribution in [0.1, 0.15) is 6.92 Å². The van der Waals surface area contributed by atoms with Crippen molar-refractivity contribution in [1.29, 1.82) is 5.26 Å². The average molecular weight is 209 g/mol. The van der Waals surface area contributed by atoms with Crippen molar-refractivity contribution in [2.24, 2.45) is 0 Å². The molecule has 0 saturated carbocycles. The first-order chi connectivity index (χ1) is 7.11. The maximum atomic E-state index is 11.3. The topological polar surface area (TPSA) is 82.4 Å². The van der Waals surface area contributed by atoms with E-state index in [1.165, 1.54) is 11.9 Å². The second-order valence-electron chi connectivity index (χ2n) is 2.86. The smallest absolute Gasteiger partial charge is 0.352 e. The number of carbonyl (C=O) groups excluding carboxylic acids is 2. The van der Waals surface area contributed by atoms with Gasteiger partial charge in [-0.05, 0) is 6.92 Å². The molecular formula is C9H11N3O3. The Balaban J connectivity index is 3.00. The van der Waals surface area contributed by atoms with Gasteiger partial charge in [-0.25, -0.2) is 4.79 Å². The van der Waals surface area contributed by atoms with Gasteiger partial charge in [-0.15, -0.1) is 0 Å². The number of rotatable bonds is 2. The minimum atomic E-state index is -0.718. The molecule has 1 amide bonds. The SMILES string of the molecule is CCOC(=O)/C(C#N)=C1\NCC(=O)N1C. The van der Waals surface area contributed by atoms with Crippen LogP contribution in [0.4, 0.5) is 0 Å². The van der Waals surface area contributed by atoms with Gasteiger partial charge in [-0.1, -0.05) is 0 Å². The average Bonchev–Trinajstić information content (AvgIpc) is 2.51. The molecule has 0 aromatic carbocycles. The van der Waals surface area contributed by atoms with Crippen molar-refractivity contribution >= 4 is 11.9 Å². The van der Waals surface area contributed by atoms with Crippen molar-refractivity contribution in [2.45, 2.75) is 6.92 Å². The fourth-order valence-corrected chi connectivity index (χ4v) is 1.18. The Morgan fingerprint density at radius 1 is 1.73 bits per heavy atom. The van der Waals surface area contributed by atoms with E-state index in [9.17, 15) is 9.59 Å². The molecule has 1 heterocycles. The van der Waals surface area contributed by atoms with E-state index < -0.39 is 5.97 Å². The van der Waals surface area contributed by atoms with E-state index >= 15 is 0 Å². The third kappa shape index (κ3) is 2.07. The van der Waals surface area contributed by atoms with Crippen molar-refractivity contribution in [3.05, 3.63) is 11.4 Å². The Labute approximate surface area is 87.1 Å². The van der Waals surface area contributed by atoms with E-state index in [0.29, 0.717) is 0 Å². The lowest BCUT2D eigenvalue weighted by Gasteiger charge is -2.11. The van der Waals surface area contributed by atoms with Crippen molar-refractivity contribution in [2.75, 3.05) is 20.2 Å². The number of carbonyl (C=O) groups is 2. The molecule has 6 nitrogen and oxygen atoms in total. The van der Waals surface area contributed by atoms with Crippen molar-refractivity contribution < 1.29 is 14.3 Å². The summed E-state index contributed by atoms with van der Waals surface area (Å²) in [5.74, 6) is -0.702. The van der Waals surface area contributed by atoms with Crippen molar-refractivity contribution in [3.63, 3.8) is 0 Å². The van der Waals surface area contributed by atoms with Crippen LogP contribution in [0.5, 0.6) is 0 Å². The summed E-state index contributed by atoms with van der Waals surface area (Å²) in [4.78, 5) is 23.7. The van der Waals surface area contributed by atoms with E-state index in [0.717, 1.165) is 0 Å². The molecule has 80 valence electrons. The van der Waals surface area contributed by atoms with E-state index in [1.807, 2.05) is 0 Å². The zero-order chi connectivity index (χ0) is 11.4. The van der Waals surface area contributed by atoms with Crippen LogP contribution in [-0.4, -0.2) is 37.0 Å². The summed E-state index contributed by atoms with van der Waals surface area (Å²) in [6.45, 7) is 1.93. The van der Waals surface area contributed by atoms with Gasteiger partial charge in [0.1, 0.15) is 11.9 Å². The summed E-state index contributed by atoms with van der Waals surface area (Å²) in [7, 11) is 1.49. The molecule has 0 bridgehead atoms. The van der Waals surface area contributed by atoms with Gasteiger partial charge in [-0.2, -0.15) is 5.26 Å². The summed E-state index contributed by atoms with van der Waals surface area (Å²) in [5, 5.41) is 11.5. The predicted molar refractivity (Wildman–Crippen MR) is 50.0 cm³/mol. The summed E-state index contributed by atoms with van der Waals surface area (Å²) < 4.78 is 4.69. The largest absolute Gasteiger partial charge is 0.462 e. The minimum absolute atomic E-state index is 0.0937. The molecule has 15 heavy (non-hydrogen) atoms. The summed E-state index contributed by atoms with van der Waals surface area (Å²) in [5.41, 5.74) is -0.176. The number of amides is 1. The monoisotopic (exact) mass is 209 g/mol. The summed E-state index contributed by atoms with van der Waals surface area (Å²) in [6, 6.07) is 1.73. The normalized spacial score (nSPS) is 18.2. The lowest BCUT2D eigenvalue weighted by molar-refractivity contribution is -0.138. The van der Waals surface area contributed by atoms with Gasteiger partial charge in [0.25, 0.3) is 0 Å². The zero-order valence-corrected chi connectivity index (χ0v) is 8.53. The molecule has 0 aliphatic carbocycles. The first kappa shape index (κ1) is 11.0. The number of esters is 1. The highest BCUT2D eigenvalue weighted by Crippen LogP contribution is 2.12. The van der Waals surface area contributed by atoms with Crippen LogP contribution in [0.2, 0.25) is 0 Å². The molecule has 1 aliphatic heterocycles. The van der Waals surface area contributed by atoms with E-state index in [4.69, 9.17) is 10.00 Å². The molecule has 1 fully saturated rings. The van der Waals surface area contributed by atoms with E-state index in [-0.39, 0.29) is 30.5 Å².